The number of hydrogen-bond donors (Lipinski definition) is 1. The fourth-order valence-electron chi connectivity index (χ4n) is 3.35. The summed E-state index contributed by atoms with van der Waals surface area (Å²) in [6.45, 7) is 11.6. The van der Waals surface area contributed by atoms with Crippen molar-refractivity contribution in [3.05, 3.63) is 0 Å². The van der Waals surface area contributed by atoms with E-state index in [0.717, 1.165) is 38.8 Å². The van der Waals surface area contributed by atoms with Gasteiger partial charge in [-0.3, -0.25) is 9.80 Å². The van der Waals surface area contributed by atoms with Crippen molar-refractivity contribution in [3.8, 4) is 0 Å². The zero-order valence-electron chi connectivity index (χ0n) is 12.9. The molecule has 0 spiro atoms. The van der Waals surface area contributed by atoms with E-state index < -0.39 is 5.60 Å². The Labute approximate surface area is 118 Å². The van der Waals surface area contributed by atoms with E-state index >= 15 is 0 Å². The van der Waals surface area contributed by atoms with Crippen LogP contribution in [0.2, 0.25) is 0 Å². The van der Waals surface area contributed by atoms with E-state index in [9.17, 15) is 5.11 Å². The minimum atomic E-state index is -0.564. The molecule has 4 nitrogen and oxygen atoms in total. The van der Waals surface area contributed by atoms with Crippen LogP contribution >= 0.6 is 0 Å². The Balaban J connectivity index is 1.71. The summed E-state index contributed by atoms with van der Waals surface area (Å²) >= 11 is 0. The number of piperidine rings is 1. The van der Waals surface area contributed by atoms with Crippen LogP contribution in [-0.4, -0.2) is 84.3 Å². The first kappa shape index (κ1) is 15.2. The second-order valence-electron chi connectivity index (χ2n) is 7.02. The molecule has 0 aromatic rings. The fraction of sp³-hybridized carbons (Fsp3) is 1.00. The number of likely N-dealkylation sites (N-methyl/N-ethyl adjacent to an activating group) is 1. The van der Waals surface area contributed by atoms with Gasteiger partial charge in [0.1, 0.15) is 0 Å². The molecule has 1 atom stereocenters. The number of β-amino-alcohol motifs (C(OH)–C–C–N with tert-alkyl or cyclic N) is 1. The highest BCUT2D eigenvalue weighted by Crippen LogP contribution is 2.17. The van der Waals surface area contributed by atoms with Crippen molar-refractivity contribution in [2.24, 2.45) is 0 Å². The van der Waals surface area contributed by atoms with Gasteiger partial charge in [-0.25, -0.2) is 0 Å². The molecule has 2 rings (SSSR count). The molecular formula is C15H31N3O. The van der Waals surface area contributed by atoms with Crippen molar-refractivity contribution in [2.75, 3.05) is 52.9 Å². The highest BCUT2D eigenvalue weighted by molar-refractivity contribution is 4.82. The molecule has 0 bridgehead atoms. The lowest BCUT2D eigenvalue weighted by atomic mass is 10.0. The van der Waals surface area contributed by atoms with E-state index in [4.69, 9.17) is 0 Å². The normalized spacial score (nSPS) is 28.7. The molecule has 1 N–H and O–H groups in total. The monoisotopic (exact) mass is 269 g/mol. The number of aliphatic hydroxyl groups is 1. The van der Waals surface area contributed by atoms with Crippen molar-refractivity contribution in [2.45, 2.75) is 44.8 Å². The summed E-state index contributed by atoms with van der Waals surface area (Å²) in [7, 11) is 2.27. The van der Waals surface area contributed by atoms with Gasteiger partial charge >= 0.3 is 0 Å². The average Bonchev–Trinajstić information content (AvgIpc) is 2.33. The van der Waals surface area contributed by atoms with Crippen LogP contribution in [0.5, 0.6) is 0 Å². The van der Waals surface area contributed by atoms with Crippen LogP contribution in [0, 0.1) is 0 Å². The maximum atomic E-state index is 9.87. The molecule has 2 aliphatic heterocycles. The molecule has 0 radical (unpaired) electrons. The van der Waals surface area contributed by atoms with Crippen LogP contribution < -0.4 is 0 Å². The standard InChI is InChI=1S/C15H31N3O/c1-15(2,19)13-18-10-8-17(9-11-18)12-14-6-4-5-7-16(14)3/h14,19H,4-13H2,1-3H3. The van der Waals surface area contributed by atoms with Gasteiger partial charge in [0.2, 0.25) is 0 Å². The molecule has 0 aromatic carbocycles. The molecule has 0 aromatic heterocycles. The molecule has 0 saturated carbocycles. The van der Waals surface area contributed by atoms with E-state index in [1.165, 1.54) is 32.4 Å². The first-order valence-electron chi connectivity index (χ1n) is 7.81. The summed E-state index contributed by atoms with van der Waals surface area (Å²) in [5.41, 5.74) is -0.564. The molecular weight excluding hydrogens is 238 g/mol. The van der Waals surface area contributed by atoms with Crippen LogP contribution in [-0.2, 0) is 0 Å². The SMILES string of the molecule is CN1CCCCC1CN1CCN(CC(C)(C)O)CC1. The van der Waals surface area contributed by atoms with Crippen LogP contribution in [0.1, 0.15) is 33.1 Å². The molecule has 2 heterocycles. The first-order chi connectivity index (χ1) is 8.94. The molecule has 0 aliphatic carbocycles. The summed E-state index contributed by atoms with van der Waals surface area (Å²) in [6.07, 6.45) is 4.13. The lowest BCUT2D eigenvalue weighted by Crippen LogP contribution is -2.53. The molecule has 2 fully saturated rings. The topological polar surface area (TPSA) is 30.0 Å². The van der Waals surface area contributed by atoms with Crippen molar-refractivity contribution < 1.29 is 5.11 Å². The van der Waals surface area contributed by atoms with Gasteiger partial charge in [-0.1, -0.05) is 6.42 Å². The molecule has 4 heteroatoms. The van der Waals surface area contributed by atoms with Gasteiger partial charge in [-0.2, -0.15) is 0 Å². The van der Waals surface area contributed by atoms with E-state index in [0.29, 0.717) is 0 Å². The zero-order chi connectivity index (χ0) is 13.9. The Bertz CT molecular complexity index is 269. The quantitative estimate of drug-likeness (QED) is 0.820. The molecule has 19 heavy (non-hydrogen) atoms. The summed E-state index contributed by atoms with van der Waals surface area (Å²) in [5.74, 6) is 0. The third-order valence-corrected chi connectivity index (χ3v) is 4.47. The largest absolute Gasteiger partial charge is 0.389 e. The van der Waals surface area contributed by atoms with Crippen molar-refractivity contribution in [1.29, 1.82) is 0 Å². The number of rotatable bonds is 4. The second-order valence-corrected chi connectivity index (χ2v) is 7.02. The number of likely N-dealkylation sites (tertiary alicyclic amines) is 1. The fourth-order valence-corrected chi connectivity index (χ4v) is 3.35. The van der Waals surface area contributed by atoms with Gasteiger partial charge in [0.25, 0.3) is 0 Å². The van der Waals surface area contributed by atoms with Gasteiger partial charge in [-0.05, 0) is 40.3 Å². The number of hydrogen-bond acceptors (Lipinski definition) is 4. The first-order valence-corrected chi connectivity index (χ1v) is 7.81. The number of piperazine rings is 1. The van der Waals surface area contributed by atoms with E-state index in [1.54, 1.807) is 0 Å². The highest BCUT2D eigenvalue weighted by Gasteiger charge is 2.26. The van der Waals surface area contributed by atoms with E-state index in [2.05, 4.69) is 21.7 Å². The number of nitrogens with zero attached hydrogens (tertiary/aromatic N) is 3. The maximum Gasteiger partial charge on any atom is 0.0718 e. The van der Waals surface area contributed by atoms with E-state index in [-0.39, 0.29) is 0 Å². The Morgan fingerprint density at radius 2 is 1.63 bits per heavy atom. The lowest BCUT2D eigenvalue weighted by molar-refractivity contribution is 0.0126. The zero-order valence-corrected chi connectivity index (χ0v) is 12.9. The lowest BCUT2D eigenvalue weighted by Gasteiger charge is -2.41. The third kappa shape index (κ3) is 5.03. The van der Waals surface area contributed by atoms with Gasteiger partial charge in [-0.15, -0.1) is 0 Å². The van der Waals surface area contributed by atoms with Crippen molar-refractivity contribution >= 4 is 0 Å². The summed E-state index contributed by atoms with van der Waals surface area (Å²) in [4.78, 5) is 7.53. The van der Waals surface area contributed by atoms with E-state index in [1.807, 2.05) is 13.8 Å². The predicted molar refractivity (Wildman–Crippen MR) is 79.4 cm³/mol. The van der Waals surface area contributed by atoms with Gasteiger partial charge in [0.05, 0.1) is 5.60 Å². The molecule has 1 unspecified atom stereocenters. The van der Waals surface area contributed by atoms with Gasteiger partial charge in [0, 0.05) is 45.3 Å². The molecule has 0 amide bonds. The minimum absolute atomic E-state index is 0.564. The van der Waals surface area contributed by atoms with Crippen LogP contribution in [0.3, 0.4) is 0 Å². The summed E-state index contributed by atoms with van der Waals surface area (Å²) in [5, 5.41) is 9.87. The molecule has 112 valence electrons. The van der Waals surface area contributed by atoms with Crippen molar-refractivity contribution in [3.63, 3.8) is 0 Å². The minimum Gasteiger partial charge on any atom is -0.389 e. The average molecular weight is 269 g/mol. The van der Waals surface area contributed by atoms with Crippen LogP contribution in [0.25, 0.3) is 0 Å². The van der Waals surface area contributed by atoms with Crippen LogP contribution in [0.15, 0.2) is 0 Å². The Morgan fingerprint density at radius 3 is 2.21 bits per heavy atom. The smallest absolute Gasteiger partial charge is 0.0718 e. The Morgan fingerprint density at radius 1 is 1.00 bits per heavy atom. The third-order valence-electron chi connectivity index (χ3n) is 4.47. The van der Waals surface area contributed by atoms with Gasteiger partial charge < -0.3 is 10.0 Å². The predicted octanol–water partition coefficient (Wildman–Crippen LogP) is 0.859. The highest BCUT2D eigenvalue weighted by atomic mass is 16.3. The summed E-state index contributed by atoms with van der Waals surface area (Å²) < 4.78 is 0. The molecule has 2 saturated heterocycles. The Kier molecular flexibility index (Phi) is 5.23. The van der Waals surface area contributed by atoms with Crippen molar-refractivity contribution in [1.82, 2.24) is 14.7 Å². The Hall–Kier alpha value is -0.160. The maximum absolute atomic E-state index is 9.87. The summed E-state index contributed by atoms with van der Waals surface area (Å²) in [6, 6.07) is 0.759. The van der Waals surface area contributed by atoms with Crippen LogP contribution in [0.4, 0.5) is 0 Å². The van der Waals surface area contributed by atoms with Gasteiger partial charge in [0.15, 0.2) is 0 Å². The second kappa shape index (κ2) is 6.53. The molecule has 2 aliphatic rings.